The molecule has 0 bridgehead atoms. The van der Waals surface area contributed by atoms with E-state index in [9.17, 15) is 4.79 Å². The van der Waals surface area contributed by atoms with Gasteiger partial charge in [-0.25, -0.2) is 0 Å². The zero-order chi connectivity index (χ0) is 13.8. The molecule has 1 aromatic carbocycles. The molecule has 0 atom stereocenters. The van der Waals surface area contributed by atoms with Crippen molar-refractivity contribution in [3.8, 4) is 0 Å². The molecule has 1 aliphatic rings. The van der Waals surface area contributed by atoms with Gasteiger partial charge in [0.05, 0.1) is 0 Å². The lowest BCUT2D eigenvalue weighted by atomic mass is 10.1. The van der Waals surface area contributed by atoms with Crippen LogP contribution in [0.3, 0.4) is 0 Å². The molecule has 0 aromatic heterocycles. The summed E-state index contributed by atoms with van der Waals surface area (Å²) < 4.78 is 0. The summed E-state index contributed by atoms with van der Waals surface area (Å²) in [5, 5.41) is 0. The molecular formula is C16H24N2O. The van der Waals surface area contributed by atoms with Crippen molar-refractivity contribution in [3.63, 3.8) is 0 Å². The second kappa shape index (κ2) is 6.20. The van der Waals surface area contributed by atoms with E-state index in [1.807, 2.05) is 4.90 Å². The average molecular weight is 260 g/mol. The number of hydrogen-bond donors (Lipinski definition) is 0. The first kappa shape index (κ1) is 14.1. The van der Waals surface area contributed by atoms with Crippen molar-refractivity contribution in [1.29, 1.82) is 0 Å². The Balaban J connectivity index is 1.99. The smallest absolute Gasteiger partial charge is 0.219 e. The normalized spacial score (nSPS) is 17.3. The highest BCUT2D eigenvalue weighted by Gasteiger charge is 2.16. The van der Waals surface area contributed by atoms with Crippen molar-refractivity contribution < 1.29 is 4.79 Å². The fourth-order valence-electron chi connectivity index (χ4n) is 2.66. The third-order valence-electron chi connectivity index (χ3n) is 3.93. The van der Waals surface area contributed by atoms with Crippen molar-refractivity contribution in [2.24, 2.45) is 0 Å². The zero-order valence-electron chi connectivity index (χ0n) is 12.3. The van der Waals surface area contributed by atoms with Crippen LogP contribution in [0.15, 0.2) is 18.2 Å². The molecule has 0 aliphatic carbocycles. The van der Waals surface area contributed by atoms with Crippen LogP contribution in [0.25, 0.3) is 0 Å². The monoisotopic (exact) mass is 260 g/mol. The maximum absolute atomic E-state index is 11.4. The standard InChI is InChI=1S/C16H24N2O/c1-13-5-6-14(2)16(11-13)12-17-7-4-8-18(10-9-17)15(3)19/h5-6,11H,4,7-10,12H2,1-3H3. The average Bonchev–Trinajstić information content (AvgIpc) is 2.59. The molecule has 3 nitrogen and oxygen atoms in total. The van der Waals surface area contributed by atoms with Gasteiger partial charge in [0.2, 0.25) is 5.91 Å². The van der Waals surface area contributed by atoms with E-state index in [0.717, 1.165) is 39.1 Å². The van der Waals surface area contributed by atoms with Gasteiger partial charge < -0.3 is 4.90 Å². The third kappa shape index (κ3) is 3.80. The Morgan fingerprint density at radius 3 is 2.68 bits per heavy atom. The largest absolute Gasteiger partial charge is 0.342 e. The molecule has 2 rings (SSSR count). The van der Waals surface area contributed by atoms with E-state index in [4.69, 9.17) is 0 Å². The number of hydrogen-bond acceptors (Lipinski definition) is 2. The lowest BCUT2D eigenvalue weighted by Gasteiger charge is -2.22. The van der Waals surface area contributed by atoms with E-state index in [-0.39, 0.29) is 5.91 Å². The zero-order valence-corrected chi connectivity index (χ0v) is 12.3. The second-order valence-electron chi connectivity index (χ2n) is 5.57. The molecule has 0 N–H and O–H groups in total. The van der Waals surface area contributed by atoms with Crippen LogP contribution in [0.1, 0.15) is 30.0 Å². The number of benzene rings is 1. The Hall–Kier alpha value is -1.35. The highest BCUT2D eigenvalue weighted by molar-refractivity contribution is 5.73. The maximum atomic E-state index is 11.4. The number of nitrogens with zero attached hydrogens (tertiary/aromatic N) is 2. The van der Waals surface area contributed by atoms with Crippen LogP contribution < -0.4 is 0 Å². The van der Waals surface area contributed by atoms with Crippen LogP contribution in [-0.2, 0) is 11.3 Å². The van der Waals surface area contributed by atoms with E-state index in [1.54, 1.807) is 6.92 Å². The highest BCUT2D eigenvalue weighted by atomic mass is 16.2. The fraction of sp³-hybridized carbons (Fsp3) is 0.562. The molecule has 1 aromatic rings. The summed E-state index contributed by atoms with van der Waals surface area (Å²) in [5.41, 5.74) is 4.09. The first-order valence-corrected chi connectivity index (χ1v) is 7.10. The summed E-state index contributed by atoms with van der Waals surface area (Å²) in [6.45, 7) is 10.8. The van der Waals surface area contributed by atoms with Gasteiger partial charge in [0, 0.05) is 39.6 Å². The van der Waals surface area contributed by atoms with Crippen LogP contribution >= 0.6 is 0 Å². The minimum absolute atomic E-state index is 0.202. The molecule has 1 saturated heterocycles. The molecule has 19 heavy (non-hydrogen) atoms. The molecular weight excluding hydrogens is 236 g/mol. The molecule has 0 unspecified atom stereocenters. The first-order chi connectivity index (χ1) is 9.06. The lowest BCUT2D eigenvalue weighted by Crippen LogP contribution is -2.33. The van der Waals surface area contributed by atoms with E-state index in [1.165, 1.54) is 16.7 Å². The Morgan fingerprint density at radius 1 is 1.16 bits per heavy atom. The Morgan fingerprint density at radius 2 is 1.95 bits per heavy atom. The van der Waals surface area contributed by atoms with Gasteiger partial charge in [-0.15, -0.1) is 0 Å². The molecule has 0 spiro atoms. The predicted octanol–water partition coefficient (Wildman–Crippen LogP) is 2.36. The van der Waals surface area contributed by atoms with Gasteiger partial charge in [0.15, 0.2) is 0 Å². The molecule has 1 aliphatic heterocycles. The summed E-state index contributed by atoms with van der Waals surface area (Å²) in [6.07, 6.45) is 1.07. The van der Waals surface area contributed by atoms with E-state index in [0.29, 0.717) is 0 Å². The maximum Gasteiger partial charge on any atom is 0.219 e. The third-order valence-corrected chi connectivity index (χ3v) is 3.93. The summed E-state index contributed by atoms with van der Waals surface area (Å²) in [4.78, 5) is 15.8. The summed E-state index contributed by atoms with van der Waals surface area (Å²) in [6, 6.07) is 6.64. The molecule has 104 valence electrons. The number of carbonyl (C=O) groups excluding carboxylic acids is 1. The van der Waals surface area contributed by atoms with Gasteiger partial charge in [-0.2, -0.15) is 0 Å². The molecule has 1 fully saturated rings. The highest BCUT2D eigenvalue weighted by Crippen LogP contribution is 2.15. The Bertz CT molecular complexity index is 456. The molecule has 1 heterocycles. The van der Waals surface area contributed by atoms with E-state index < -0.39 is 0 Å². The van der Waals surface area contributed by atoms with Gasteiger partial charge >= 0.3 is 0 Å². The number of amides is 1. The minimum atomic E-state index is 0.202. The topological polar surface area (TPSA) is 23.6 Å². The predicted molar refractivity (Wildman–Crippen MR) is 78.1 cm³/mol. The molecule has 0 radical (unpaired) electrons. The van der Waals surface area contributed by atoms with Crippen molar-refractivity contribution >= 4 is 5.91 Å². The fourth-order valence-corrected chi connectivity index (χ4v) is 2.66. The van der Waals surface area contributed by atoms with Crippen LogP contribution in [0.4, 0.5) is 0 Å². The van der Waals surface area contributed by atoms with Crippen molar-refractivity contribution in [2.75, 3.05) is 26.2 Å². The summed E-state index contributed by atoms with van der Waals surface area (Å²) >= 11 is 0. The molecule has 1 amide bonds. The van der Waals surface area contributed by atoms with Crippen molar-refractivity contribution in [1.82, 2.24) is 9.80 Å². The van der Waals surface area contributed by atoms with Gasteiger partial charge in [-0.3, -0.25) is 9.69 Å². The van der Waals surface area contributed by atoms with E-state index in [2.05, 4.69) is 36.9 Å². The van der Waals surface area contributed by atoms with Gasteiger partial charge in [-0.05, 0) is 31.4 Å². The lowest BCUT2D eigenvalue weighted by molar-refractivity contribution is -0.128. The summed E-state index contributed by atoms with van der Waals surface area (Å²) in [5.74, 6) is 0.202. The van der Waals surface area contributed by atoms with Gasteiger partial charge in [0.25, 0.3) is 0 Å². The quantitative estimate of drug-likeness (QED) is 0.815. The van der Waals surface area contributed by atoms with Crippen molar-refractivity contribution in [2.45, 2.75) is 33.7 Å². The van der Waals surface area contributed by atoms with Crippen LogP contribution in [0.2, 0.25) is 0 Å². The van der Waals surface area contributed by atoms with Gasteiger partial charge in [0.1, 0.15) is 0 Å². The number of rotatable bonds is 2. The van der Waals surface area contributed by atoms with Crippen LogP contribution in [-0.4, -0.2) is 41.9 Å². The van der Waals surface area contributed by atoms with E-state index >= 15 is 0 Å². The van der Waals surface area contributed by atoms with Crippen LogP contribution in [0, 0.1) is 13.8 Å². The first-order valence-electron chi connectivity index (χ1n) is 7.10. The second-order valence-corrected chi connectivity index (χ2v) is 5.57. The van der Waals surface area contributed by atoms with Crippen LogP contribution in [0.5, 0.6) is 0 Å². The van der Waals surface area contributed by atoms with Gasteiger partial charge in [-0.1, -0.05) is 23.8 Å². The Labute approximate surface area is 116 Å². The SMILES string of the molecule is CC(=O)N1CCCN(Cc2cc(C)ccc2C)CC1. The Kier molecular flexibility index (Phi) is 4.59. The van der Waals surface area contributed by atoms with Crippen molar-refractivity contribution in [3.05, 3.63) is 34.9 Å². The minimum Gasteiger partial charge on any atom is -0.342 e. The summed E-state index contributed by atoms with van der Waals surface area (Å²) in [7, 11) is 0. The number of aryl methyl sites for hydroxylation is 2. The molecule has 0 saturated carbocycles. The number of carbonyl (C=O) groups is 1. The molecule has 3 heteroatoms.